The Morgan fingerprint density at radius 3 is 2.61 bits per heavy atom. The average Bonchev–Trinajstić information content (AvgIpc) is 3.34. The lowest BCUT2D eigenvalue weighted by atomic mass is 9.96. The van der Waals surface area contributed by atoms with Gasteiger partial charge < -0.3 is 29.0 Å². The van der Waals surface area contributed by atoms with Crippen LogP contribution < -0.4 is 0 Å². The van der Waals surface area contributed by atoms with Crippen molar-refractivity contribution in [2.24, 2.45) is 5.92 Å². The first-order chi connectivity index (χ1) is 14.7. The summed E-state index contributed by atoms with van der Waals surface area (Å²) >= 11 is 0. The molecule has 0 bridgehead atoms. The van der Waals surface area contributed by atoms with Gasteiger partial charge in [-0.2, -0.15) is 0 Å². The Balaban J connectivity index is 1.46. The monoisotopic (exact) mass is 432 g/mol. The maximum absolute atomic E-state index is 13.2. The van der Waals surface area contributed by atoms with E-state index in [0.717, 1.165) is 25.9 Å². The van der Waals surface area contributed by atoms with Crippen molar-refractivity contribution in [2.75, 3.05) is 60.4 Å². The number of fused-ring (bicyclic) bond motifs is 1. The van der Waals surface area contributed by atoms with Crippen molar-refractivity contribution in [1.29, 1.82) is 0 Å². The Hall–Kier alpha value is -2.46. The lowest BCUT2D eigenvalue weighted by Gasteiger charge is -2.41. The van der Waals surface area contributed by atoms with Crippen molar-refractivity contribution in [2.45, 2.75) is 32.0 Å². The molecular formula is C21H32N6O4. The largest absolute Gasteiger partial charge is 0.351 e. The normalized spacial score (nSPS) is 24.3. The summed E-state index contributed by atoms with van der Waals surface area (Å²) in [4.78, 5) is 47.5. The molecule has 0 saturated carbocycles. The van der Waals surface area contributed by atoms with Gasteiger partial charge >= 0.3 is 0 Å². The van der Waals surface area contributed by atoms with Crippen molar-refractivity contribution in [3.05, 3.63) is 17.5 Å². The number of rotatable bonds is 5. The molecule has 0 aliphatic carbocycles. The zero-order valence-electron chi connectivity index (χ0n) is 18.8. The van der Waals surface area contributed by atoms with Crippen LogP contribution >= 0.6 is 0 Å². The third kappa shape index (κ3) is 4.31. The van der Waals surface area contributed by atoms with Crippen molar-refractivity contribution in [1.82, 2.24) is 29.7 Å². The molecule has 10 nitrogen and oxygen atoms in total. The highest BCUT2D eigenvalue weighted by Crippen LogP contribution is 2.27. The molecular weight excluding hydrogens is 400 g/mol. The van der Waals surface area contributed by atoms with Crippen LogP contribution in [0.5, 0.6) is 0 Å². The highest BCUT2D eigenvalue weighted by atomic mass is 16.5. The second-order valence-electron chi connectivity index (χ2n) is 9.24. The number of carbonyl (C=O) groups excluding carboxylic acids is 3. The molecule has 170 valence electrons. The molecule has 1 aromatic rings. The predicted molar refractivity (Wildman–Crippen MR) is 112 cm³/mol. The molecule has 2 atom stereocenters. The molecule has 3 saturated heterocycles. The quantitative estimate of drug-likeness (QED) is 0.651. The maximum atomic E-state index is 13.2. The van der Waals surface area contributed by atoms with E-state index in [2.05, 4.69) is 17.1 Å². The summed E-state index contributed by atoms with van der Waals surface area (Å²) in [5.74, 6) is -0.0276. The van der Waals surface area contributed by atoms with Gasteiger partial charge in [0.2, 0.25) is 17.6 Å². The van der Waals surface area contributed by atoms with Gasteiger partial charge in [0.1, 0.15) is 24.9 Å². The number of amides is 3. The predicted octanol–water partition coefficient (Wildman–Crippen LogP) is 0.0917. The average molecular weight is 433 g/mol. The van der Waals surface area contributed by atoms with Crippen LogP contribution in [0.3, 0.4) is 0 Å². The highest BCUT2D eigenvalue weighted by molar-refractivity contribution is 5.98. The minimum atomic E-state index is -0.455. The van der Waals surface area contributed by atoms with E-state index in [1.165, 1.54) is 9.80 Å². The van der Waals surface area contributed by atoms with E-state index < -0.39 is 6.17 Å². The molecule has 3 amide bonds. The number of aromatic nitrogens is 1. The third-order valence-corrected chi connectivity index (χ3v) is 6.91. The summed E-state index contributed by atoms with van der Waals surface area (Å²) in [6, 6.07) is 1.64. The van der Waals surface area contributed by atoms with Crippen LogP contribution in [-0.2, 0) is 9.59 Å². The zero-order valence-corrected chi connectivity index (χ0v) is 18.8. The van der Waals surface area contributed by atoms with Gasteiger partial charge in [-0.15, -0.1) is 0 Å². The van der Waals surface area contributed by atoms with Crippen LogP contribution in [0.15, 0.2) is 10.6 Å². The van der Waals surface area contributed by atoms with E-state index in [0.29, 0.717) is 24.7 Å². The molecule has 3 aliphatic rings. The van der Waals surface area contributed by atoms with Gasteiger partial charge in [-0.1, -0.05) is 5.16 Å². The molecule has 0 spiro atoms. The van der Waals surface area contributed by atoms with E-state index in [1.54, 1.807) is 6.07 Å². The molecule has 10 heteroatoms. The summed E-state index contributed by atoms with van der Waals surface area (Å²) in [6.45, 7) is 5.05. The second-order valence-corrected chi connectivity index (χ2v) is 9.24. The Bertz CT molecular complexity index is 847. The molecule has 1 aromatic heterocycles. The lowest BCUT2D eigenvalue weighted by Crippen LogP contribution is -2.59. The first-order valence-electron chi connectivity index (χ1n) is 10.9. The number of nitrogens with zero attached hydrogens (tertiary/aromatic N) is 6. The number of hydrogen-bond acceptors (Lipinski definition) is 7. The molecule has 31 heavy (non-hydrogen) atoms. The van der Waals surface area contributed by atoms with Crippen LogP contribution in [-0.4, -0.2) is 114 Å². The van der Waals surface area contributed by atoms with Gasteiger partial charge in [0.05, 0.1) is 12.6 Å². The van der Waals surface area contributed by atoms with Crippen LogP contribution in [0, 0.1) is 5.92 Å². The Labute approximate surface area is 182 Å². The molecule has 4 rings (SSSR count). The van der Waals surface area contributed by atoms with E-state index in [1.807, 2.05) is 30.8 Å². The highest BCUT2D eigenvalue weighted by Gasteiger charge is 2.47. The topological polar surface area (TPSA) is 93.4 Å². The van der Waals surface area contributed by atoms with Crippen molar-refractivity contribution >= 4 is 17.7 Å². The molecule has 0 aromatic carbocycles. The van der Waals surface area contributed by atoms with Crippen molar-refractivity contribution < 1.29 is 18.9 Å². The van der Waals surface area contributed by atoms with Crippen LogP contribution in [0.2, 0.25) is 0 Å². The standard InChI is InChI=1S/C21H32N6O4/c1-14(23(2)3)16-9-17(31-22-16)21(30)27-13-20(29)26-12-19(28)25(11-18(26)27)10-15-5-7-24(4)8-6-15/h9,14-15,18H,5-8,10-13H2,1-4H3. The van der Waals surface area contributed by atoms with Gasteiger partial charge in [0.15, 0.2) is 0 Å². The van der Waals surface area contributed by atoms with Gasteiger partial charge in [0.25, 0.3) is 5.91 Å². The number of piperazine rings is 1. The van der Waals surface area contributed by atoms with Gasteiger partial charge in [-0.05, 0) is 59.9 Å². The minimum absolute atomic E-state index is 0.000611. The fourth-order valence-electron chi connectivity index (χ4n) is 4.54. The minimum Gasteiger partial charge on any atom is -0.351 e. The summed E-state index contributed by atoms with van der Waals surface area (Å²) in [5.41, 5.74) is 0.665. The molecule has 3 fully saturated rings. The SMILES string of the molecule is CC(c1cc(C(=O)N2CC(=O)N3CC(=O)N(CC4CCN(C)CC4)CC32)on1)N(C)C. The van der Waals surface area contributed by atoms with Gasteiger partial charge in [-0.3, -0.25) is 14.4 Å². The molecule has 2 unspecified atom stereocenters. The summed E-state index contributed by atoms with van der Waals surface area (Å²) in [6.07, 6.45) is 1.66. The van der Waals surface area contributed by atoms with E-state index >= 15 is 0 Å². The van der Waals surface area contributed by atoms with Crippen LogP contribution in [0.4, 0.5) is 0 Å². The number of likely N-dealkylation sites (tertiary alicyclic amines) is 1. The Morgan fingerprint density at radius 1 is 1.23 bits per heavy atom. The van der Waals surface area contributed by atoms with E-state index in [9.17, 15) is 14.4 Å². The lowest BCUT2D eigenvalue weighted by molar-refractivity contribution is -0.146. The van der Waals surface area contributed by atoms with E-state index in [-0.39, 0.29) is 42.6 Å². The maximum Gasteiger partial charge on any atom is 0.294 e. The second kappa shape index (κ2) is 8.58. The summed E-state index contributed by atoms with van der Waals surface area (Å²) in [7, 11) is 5.97. The van der Waals surface area contributed by atoms with E-state index in [4.69, 9.17) is 4.52 Å². The molecule has 0 radical (unpaired) electrons. The van der Waals surface area contributed by atoms with Crippen molar-refractivity contribution in [3.63, 3.8) is 0 Å². The summed E-state index contributed by atoms with van der Waals surface area (Å²) in [5, 5.41) is 4.03. The smallest absolute Gasteiger partial charge is 0.294 e. The first kappa shape index (κ1) is 21.8. The Kier molecular flexibility index (Phi) is 6.02. The first-order valence-corrected chi connectivity index (χ1v) is 10.9. The molecule has 4 heterocycles. The number of piperidine rings is 1. The van der Waals surface area contributed by atoms with Gasteiger partial charge in [0, 0.05) is 12.6 Å². The fourth-order valence-corrected chi connectivity index (χ4v) is 4.54. The summed E-state index contributed by atoms with van der Waals surface area (Å²) < 4.78 is 5.32. The molecule has 3 aliphatic heterocycles. The van der Waals surface area contributed by atoms with Crippen LogP contribution in [0.25, 0.3) is 0 Å². The van der Waals surface area contributed by atoms with Crippen molar-refractivity contribution in [3.8, 4) is 0 Å². The Morgan fingerprint density at radius 2 is 1.94 bits per heavy atom. The van der Waals surface area contributed by atoms with Crippen LogP contribution in [0.1, 0.15) is 42.1 Å². The number of carbonyl (C=O) groups is 3. The zero-order chi connectivity index (χ0) is 22.3. The molecule has 0 N–H and O–H groups in total. The fraction of sp³-hybridized carbons (Fsp3) is 0.714. The third-order valence-electron chi connectivity index (χ3n) is 6.91. The van der Waals surface area contributed by atoms with Gasteiger partial charge in [-0.25, -0.2) is 0 Å². The number of hydrogen-bond donors (Lipinski definition) is 0.